The van der Waals surface area contributed by atoms with Crippen molar-refractivity contribution in [1.82, 2.24) is 9.55 Å². The molecule has 1 aromatic carbocycles. The monoisotopic (exact) mass is 345 g/mol. The van der Waals surface area contributed by atoms with Crippen LogP contribution in [0.3, 0.4) is 0 Å². The zero-order valence-corrected chi connectivity index (χ0v) is 14.4. The van der Waals surface area contributed by atoms with Crippen LogP contribution in [-0.2, 0) is 11.2 Å². The number of nitrogens with two attached hydrogens (primary N) is 1. The molecule has 0 unspecified atom stereocenters. The Balaban J connectivity index is 2.04. The first-order valence-electron chi connectivity index (χ1n) is 7.13. The summed E-state index contributed by atoms with van der Waals surface area (Å²) in [5, 5.41) is 3.40. The van der Waals surface area contributed by atoms with Crippen molar-refractivity contribution in [3.8, 4) is 16.9 Å². The van der Waals surface area contributed by atoms with Crippen LogP contribution in [0.25, 0.3) is 16.9 Å². The van der Waals surface area contributed by atoms with E-state index in [-0.39, 0.29) is 12.3 Å². The quantitative estimate of drug-likeness (QED) is 0.779. The lowest BCUT2D eigenvalue weighted by molar-refractivity contribution is -0.117. The van der Waals surface area contributed by atoms with Crippen molar-refractivity contribution in [1.29, 1.82) is 0 Å². The highest BCUT2D eigenvalue weighted by molar-refractivity contribution is 7.10. The minimum absolute atomic E-state index is 0.178. The van der Waals surface area contributed by atoms with Crippen molar-refractivity contribution >= 4 is 28.8 Å². The second-order valence-corrected chi connectivity index (χ2v) is 6.75. The van der Waals surface area contributed by atoms with Gasteiger partial charge in [0.15, 0.2) is 0 Å². The average Bonchev–Trinajstić information content (AvgIpc) is 3.03. The van der Waals surface area contributed by atoms with E-state index in [1.165, 1.54) is 11.3 Å². The Kier molecular flexibility index (Phi) is 4.24. The number of benzene rings is 1. The Morgan fingerprint density at radius 1 is 1.35 bits per heavy atom. The zero-order valence-electron chi connectivity index (χ0n) is 12.8. The second kappa shape index (κ2) is 6.18. The van der Waals surface area contributed by atoms with E-state index in [1.54, 1.807) is 0 Å². The summed E-state index contributed by atoms with van der Waals surface area (Å²) in [6.45, 7) is 4.10. The van der Waals surface area contributed by atoms with Crippen molar-refractivity contribution in [2.75, 3.05) is 0 Å². The van der Waals surface area contributed by atoms with Crippen LogP contribution < -0.4 is 5.73 Å². The largest absolute Gasteiger partial charge is 0.369 e. The molecule has 0 saturated heterocycles. The lowest BCUT2D eigenvalue weighted by atomic mass is 10.2. The number of primary amides is 1. The normalized spacial score (nSPS) is 10.9. The molecule has 0 fully saturated rings. The molecular weight excluding hydrogens is 330 g/mol. The van der Waals surface area contributed by atoms with Gasteiger partial charge in [-0.2, -0.15) is 0 Å². The second-order valence-electron chi connectivity index (χ2n) is 5.37. The van der Waals surface area contributed by atoms with Crippen molar-refractivity contribution in [3.63, 3.8) is 0 Å². The van der Waals surface area contributed by atoms with Crippen LogP contribution in [0.2, 0.25) is 5.02 Å². The molecular formula is C17H16ClN3OS. The highest BCUT2D eigenvalue weighted by Gasteiger charge is 2.15. The summed E-state index contributed by atoms with van der Waals surface area (Å²) in [4.78, 5) is 15.6. The maximum atomic E-state index is 11.0. The number of rotatable bonds is 4. The number of thiazole rings is 1. The molecule has 23 heavy (non-hydrogen) atoms. The molecule has 0 aliphatic heterocycles. The fourth-order valence-corrected chi connectivity index (χ4v) is 3.69. The molecule has 3 aromatic rings. The highest BCUT2D eigenvalue weighted by Crippen LogP contribution is 2.31. The molecule has 0 radical (unpaired) electrons. The average molecular weight is 346 g/mol. The number of amides is 1. The first-order valence-corrected chi connectivity index (χ1v) is 8.39. The molecule has 2 N–H and O–H groups in total. The van der Waals surface area contributed by atoms with Gasteiger partial charge >= 0.3 is 0 Å². The van der Waals surface area contributed by atoms with Crippen LogP contribution in [0, 0.1) is 13.8 Å². The van der Waals surface area contributed by atoms with E-state index in [4.69, 9.17) is 17.3 Å². The van der Waals surface area contributed by atoms with E-state index in [0.717, 1.165) is 33.3 Å². The summed E-state index contributed by atoms with van der Waals surface area (Å²) < 4.78 is 2.15. The van der Waals surface area contributed by atoms with Crippen LogP contribution in [0.5, 0.6) is 0 Å². The maximum absolute atomic E-state index is 11.0. The summed E-state index contributed by atoms with van der Waals surface area (Å²) in [6, 6.07) is 9.85. The van der Waals surface area contributed by atoms with Gasteiger partial charge in [-0.15, -0.1) is 11.3 Å². The molecule has 0 aliphatic carbocycles. The third-order valence-electron chi connectivity index (χ3n) is 3.65. The fourth-order valence-electron chi connectivity index (χ4n) is 2.70. The van der Waals surface area contributed by atoms with Gasteiger partial charge in [-0.25, -0.2) is 4.98 Å². The number of hydrogen-bond acceptors (Lipinski definition) is 3. The first-order chi connectivity index (χ1) is 11.0. The lowest BCUT2D eigenvalue weighted by Gasteiger charge is -2.10. The lowest BCUT2D eigenvalue weighted by Crippen LogP contribution is -2.13. The van der Waals surface area contributed by atoms with Crippen LogP contribution >= 0.6 is 22.9 Å². The highest BCUT2D eigenvalue weighted by atomic mass is 35.5. The third kappa shape index (κ3) is 3.16. The third-order valence-corrected chi connectivity index (χ3v) is 4.73. The molecule has 6 heteroatoms. The van der Waals surface area contributed by atoms with E-state index in [9.17, 15) is 4.79 Å². The minimum atomic E-state index is -0.365. The van der Waals surface area contributed by atoms with E-state index in [1.807, 2.05) is 36.6 Å². The Hall–Kier alpha value is -2.11. The summed E-state index contributed by atoms with van der Waals surface area (Å²) in [5.74, 6) is -0.365. The van der Waals surface area contributed by atoms with Crippen LogP contribution in [-0.4, -0.2) is 15.5 Å². The molecule has 3 rings (SSSR count). The Morgan fingerprint density at radius 2 is 2.13 bits per heavy atom. The van der Waals surface area contributed by atoms with Crippen molar-refractivity contribution in [3.05, 3.63) is 57.1 Å². The SMILES string of the molecule is Cc1cc(-c2csc(CC(N)=O)n2)c(C)n1-c1cccc(Cl)c1. The van der Waals surface area contributed by atoms with E-state index >= 15 is 0 Å². The standard InChI is InChI=1S/C17H16ClN3OS/c1-10-6-14(15-9-23-17(20-15)8-16(19)22)11(2)21(10)13-5-3-4-12(18)7-13/h3-7,9H,8H2,1-2H3,(H2,19,22). The van der Waals surface area contributed by atoms with E-state index in [2.05, 4.69) is 22.5 Å². The van der Waals surface area contributed by atoms with Gasteiger partial charge in [0.05, 0.1) is 12.1 Å². The van der Waals surface area contributed by atoms with Gasteiger partial charge < -0.3 is 10.3 Å². The molecule has 2 aromatic heterocycles. The topological polar surface area (TPSA) is 60.9 Å². The van der Waals surface area contributed by atoms with Gasteiger partial charge in [0.1, 0.15) is 5.01 Å². The van der Waals surface area contributed by atoms with Gasteiger partial charge in [0.2, 0.25) is 5.91 Å². The number of nitrogens with zero attached hydrogens (tertiary/aromatic N) is 2. The molecule has 2 heterocycles. The zero-order chi connectivity index (χ0) is 16.6. The molecule has 0 bridgehead atoms. The summed E-state index contributed by atoms with van der Waals surface area (Å²) in [7, 11) is 0. The van der Waals surface area contributed by atoms with Gasteiger partial charge in [0.25, 0.3) is 0 Å². The molecule has 4 nitrogen and oxygen atoms in total. The van der Waals surface area contributed by atoms with E-state index < -0.39 is 0 Å². The Labute approximate surface area is 143 Å². The predicted molar refractivity (Wildman–Crippen MR) is 94.3 cm³/mol. The van der Waals surface area contributed by atoms with Gasteiger partial charge in [-0.05, 0) is 38.1 Å². The first kappa shape index (κ1) is 15.8. The molecule has 0 atom stereocenters. The number of aromatic nitrogens is 2. The van der Waals surface area contributed by atoms with Gasteiger partial charge in [-0.1, -0.05) is 17.7 Å². The molecule has 0 aliphatic rings. The van der Waals surface area contributed by atoms with Crippen LogP contribution in [0.4, 0.5) is 0 Å². The Bertz CT molecular complexity index is 882. The van der Waals surface area contributed by atoms with Gasteiger partial charge in [-0.3, -0.25) is 4.79 Å². The van der Waals surface area contributed by atoms with Crippen molar-refractivity contribution < 1.29 is 4.79 Å². The van der Waals surface area contributed by atoms with Crippen molar-refractivity contribution in [2.45, 2.75) is 20.3 Å². The smallest absolute Gasteiger partial charge is 0.224 e. The number of halogens is 1. The number of aryl methyl sites for hydroxylation is 1. The molecule has 118 valence electrons. The van der Waals surface area contributed by atoms with Gasteiger partial charge in [0, 0.05) is 33.0 Å². The summed E-state index contributed by atoms with van der Waals surface area (Å²) in [5.41, 5.74) is 10.4. The van der Waals surface area contributed by atoms with Crippen molar-refractivity contribution in [2.24, 2.45) is 5.73 Å². The summed E-state index contributed by atoms with van der Waals surface area (Å²) in [6.07, 6.45) is 0.178. The van der Waals surface area contributed by atoms with Crippen LogP contribution in [0.1, 0.15) is 16.4 Å². The van der Waals surface area contributed by atoms with E-state index in [0.29, 0.717) is 5.02 Å². The number of carbonyl (C=O) groups is 1. The maximum Gasteiger partial charge on any atom is 0.224 e. The summed E-state index contributed by atoms with van der Waals surface area (Å²) >= 11 is 7.56. The number of hydrogen-bond donors (Lipinski definition) is 1. The predicted octanol–water partition coefficient (Wildman–Crippen LogP) is 3.90. The molecule has 0 saturated carbocycles. The molecule has 0 spiro atoms. The fraction of sp³-hybridized carbons (Fsp3) is 0.176. The minimum Gasteiger partial charge on any atom is -0.369 e. The Morgan fingerprint density at radius 3 is 2.83 bits per heavy atom. The molecule has 1 amide bonds. The van der Waals surface area contributed by atoms with Crippen LogP contribution in [0.15, 0.2) is 35.7 Å². The number of carbonyl (C=O) groups excluding carboxylic acids is 1.